The van der Waals surface area contributed by atoms with E-state index in [1.165, 1.54) is 6.07 Å². The molecule has 70 valence electrons. The first-order valence-electron chi connectivity index (χ1n) is 3.90. The van der Waals surface area contributed by atoms with E-state index in [2.05, 4.69) is 20.9 Å². The number of hydrogen-bond acceptors (Lipinski definition) is 2. The molecule has 0 unspecified atom stereocenters. The van der Waals surface area contributed by atoms with Crippen molar-refractivity contribution in [1.82, 2.24) is 4.98 Å². The van der Waals surface area contributed by atoms with Crippen LogP contribution in [-0.4, -0.2) is 11.3 Å². The lowest BCUT2D eigenvalue weighted by molar-refractivity contribution is 0.112. The second kappa shape index (κ2) is 3.46. The third-order valence-electron chi connectivity index (χ3n) is 1.87. The van der Waals surface area contributed by atoms with Crippen LogP contribution in [0.25, 0.3) is 10.9 Å². The van der Waals surface area contributed by atoms with Crippen molar-refractivity contribution in [3.05, 3.63) is 40.2 Å². The fraction of sp³-hybridized carbons (Fsp3) is 0. The highest BCUT2D eigenvalue weighted by Crippen LogP contribution is 2.22. The lowest BCUT2D eigenvalue weighted by Crippen LogP contribution is -1.88. The lowest BCUT2D eigenvalue weighted by Gasteiger charge is -2.01. The van der Waals surface area contributed by atoms with Crippen molar-refractivity contribution in [1.29, 1.82) is 0 Å². The number of aromatic nitrogens is 1. The maximum atomic E-state index is 12.8. The molecule has 2 aromatic rings. The Bertz CT molecular complexity index is 507. The largest absolute Gasteiger partial charge is 0.298 e. The third kappa shape index (κ3) is 1.53. The summed E-state index contributed by atoms with van der Waals surface area (Å²) in [6.07, 6.45) is 1.81. The minimum absolute atomic E-state index is 0.410. The van der Waals surface area contributed by atoms with Gasteiger partial charge in [-0.15, -0.1) is 0 Å². The summed E-state index contributed by atoms with van der Waals surface area (Å²) in [5, 5.41) is 0.612. The van der Waals surface area contributed by atoms with Gasteiger partial charge in [-0.25, -0.2) is 4.39 Å². The van der Waals surface area contributed by atoms with Gasteiger partial charge >= 0.3 is 0 Å². The average Bonchev–Trinajstić information content (AvgIpc) is 2.15. The van der Waals surface area contributed by atoms with E-state index in [1.54, 1.807) is 12.1 Å². The molecule has 0 N–H and O–H groups in total. The Hall–Kier alpha value is -1.29. The summed E-state index contributed by atoms with van der Waals surface area (Å²) < 4.78 is 13.6. The molecule has 0 saturated heterocycles. The Kier molecular flexibility index (Phi) is 2.29. The van der Waals surface area contributed by atoms with E-state index >= 15 is 0 Å². The summed E-state index contributed by atoms with van der Waals surface area (Å²) >= 11 is 3.24. The van der Waals surface area contributed by atoms with Gasteiger partial charge in [-0.3, -0.25) is 9.78 Å². The summed E-state index contributed by atoms with van der Waals surface area (Å²) in [5.74, 6) is -0.410. The summed E-state index contributed by atoms with van der Waals surface area (Å²) in [7, 11) is 0. The van der Waals surface area contributed by atoms with Crippen LogP contribution in [0.15, 0.2) is 28.9 Å². The Balaban J connectivity index is 2.87. The van der Waals surface area contributed by atoms with Gasteiger partial charge in [0.1, 0.15) is 5.82 Å². The summed E-state index contributed by atoms with van der Waals surface area (Å²) in [5.41, 5.74) is 0.971. The van der Waals surface area contributed by atoms with Crippen LogP contribution in [0.2, 0.25) is 0 Å². The molecule has 0 aliphatic heterocycles. The van der Waals surface area contributed by atoms with E-state index in [0.29, 0.717) is 22.8 Å². The van der Waals surface area contributed by atoms with Gasteiger partial charge in [-0.1, -0.05) is 15.9 Å². The maximum Gasteiger partial charge on any atom is 0.152 e. The first-order valence-corrected chi connectivity index (χ1v) is 4.70. The number of rotatable bonds is 1. The number of aldehydes is 1. The van der Waals surface area contributed by atoms with Crippen LogP contribution in [0.1, 0.15) is 10.4 Å². The van der Waals surface area contributed by atoms with Crippen LogP contribution in [-0.2, 0) is 0 Å². The lowest BCUT2D eigenvalue weighted by atomic mass is 10.1. The normalized spacial score (nSPS) is 10.4. The summed E-state index contributed by atoms with van der Waals surface area (Å²) in [6.45, 7) is 0. The van der Waals surface area contributed by atoms with E-state index in [0.717, 1.165) is 10.7 Å². The van der Waals surface area contributed by atoms with Crippen molar-refractivity contribution in [2.75, 3.05) is 0 Å². The van der Waals surface area contributed by atoms with Crippen LogP contribution in [0.3, 0.4) is 0 Å². The quantitative estimate of drug-likeness (QED) is 0.732. The second-order valence-corrected chi connectivity index (χ2v) is 3.75. The zero-order valence-corrected chi connectivity index (χ0v) is 8.58. The molecule has 0 bridgehead atoms. The molecule has 0 amide bonds. The number of hydrogen-bond donors (Lipinski definition) is 0. The molecule has 0 fully saturated rings. The minimum Gasteiger partial charge on any atom is -0.298 e. The number of fused-ring (bicyclic) bond motifs is 1. The molecular formula is C10H5BrFNO. The monoisotopic (exact) mass is 253 g/mol. The van der Waals surface area contributed by atoms with Crippen molar-refractivity contribution >= 4 is 33.1 Å². The zero-order chi connectivity index (χ0) is 10.1. The standard InChI is InChI=1S/C10H5BrFNO/c11-8-1-6-3-9(12)4-13-10(6)7(2-8)5-14/h1-5H. The van der Waals surface area contributed by atoms with Gasteiger partial charge in [0.15, 0.2) is 6.29 Å². The Morgan fingerprint density at radius 3 is 2.86 bits per heavy atom. The van der Waals surface area contributed by atoms with Crippen molar-refractivity contribution < 1.29 is 9.18 Å². The maximum absolute atomic E-state index is 12.8. The smallest absolute Gasteiger partial charge is 0.152 e. The summed E-state index contributed by atoms with van der Waals surface area (Å²) in [4.78, 5) is 14.6. The Morgan fingerprint density at radius 2 is 2.14 bits per heavy atom. The molecule has 4 heteroatoms. The van der Waals surface area contributed by atoms with Gasteiger partial charge in [0.05, 0.1) is 11.7 Å². The Morgan fingerprint density at radius 1 is 1.36 bits per heavy atom. The fourth-order valence-corrected chi connectivity index (χ4v) is 1.80. The molecule has 0 aliphatic rings. The van der Waals surface area contributed by atoms with E-state index in [1.807, 2.05) is 0 Å². The van der Waals surface area contributed by atoms with Crippen molar-refractivity contribution in [2.45, 2.75) is 0 Å². The van der Waals surface area contributed by atoms with Gasteiger partial charge in [0.25, 0.3) is 0 Å². The van der Waals surface area contributed by atoms with E-state index in [9.17, 15) is 9.18 Å². The molecule has 14 heavy (non-hydrogen) atoms. The molecule has 1 aromatic heterocycles. The van der Waals surface area contributed by atoms with E-state index in [4.69, 9.17) is 0 Å². The number of carbonyl (C=O) groups is 1. The molecule has 1 heterocycles. The minimum atomic E-state index is -0.410. The third-order valence-corrected chi connectivity index (χ3v) is 2.33. The molecule has 0 saturated carbocycles. The van der Waals surface area contributed by atoms with Gasteiger partial charge in [0, 0.05) is 15.4 Å². The van der Waals surface area contributed by atoms with Crippen molar-refractivity contribution in [3.63, 3.8) is 0 Å². The number of benzene rings is 1. The molecule has 0 aliphatic carbocycles. The van der Waals surface area contributed by atoms with Crippen LogP contribution in [0.4, 0.5) is 4.39 Å². The fourth-order valence-electron chi connectivity index (χ4n) is 1.30. The SMILES string of the molecule is O=Cc1cc(Br)cc2cc(F)cnc12. The highest BCUT2D eigenvalue weighted by atomic mass is 79.9. The number of pyridine rings is 1. The van der Waals surface area contributed by atoms with Crippen LogP contribution in [0, 0.1) is 5.82 Å². The summed E-state index contributed by atoms with van der Waals surface area (Å²) in [6, 6.07) is 4.72. The first kappa shape index (κ1) is 9.27. The predicted molar refractivity (Wildman–Crippen MR) is 54.8 cm³/mol. The van der Waals surface area contributed by atoms with Crippen molar-refractivity contribution in [3.8, 4) is 0 Å². The second-order valence-electron chi connectivity index (χ2n) is 2.84. The molecule has 0 radical (unpaired) electrons. The average molecular weight is 254 g/mol. The highest BCUT2D eigenvalue weighted by Gasteiger charge is 2.04. The van der Waals surface area contributed by atoms with Crippen LogP contribution < -0.4 is 0 Å². The predicted octanol–water partition coefficient (Wildman–Crippen LogP) is 2.95. The molecule has 2 nitrogen and oxygen atoms in total. The van der Waals surface area contributed by atoms with Gasteiger partial charge in [-0.2, -0.15) is 0 Å². The topological polar surface area (TPSA) is 30.0 Å². The van der Waals surface area contributed by atoms with Crippen LogP contribution >= 0.6 is 15.9 Å². The first-order chi connectivity index (χ1) is 6.70. The van der Waals surface area contributed by atoms with Crippen molar-refractivity contribution in [2.24, 2.45) is 0 Å². The van der Waals surface area contributed by atoms with E-state index in [-0.39, 0.29) is 0 Å². The molecule has 0 atom stereocenters. The molecule has 1 aromatic carbocycles. The number of carbonyl (C=O) groups excluding carboxylic acids is 1. The van der Waals surface area contributed by atoms with E-state index < -0.39 is 5.82 Å². The highest BCUT2D eigenvalue weighted by molar-refractivity contribution is 9.10. The molecule has 2 rings (SSSR count). The zero-order valence-electron chi connectivity index (χ0n) is 7.00. The Labute approximate surface area is 87.9 Å². The van der Waals surface area contributed by atoms with Crippen LogP contribution in [0.5, 0.6) is 0 Å². The van der Waals surface area contributed by atoms with Gasteiger partial charge in [-0.05, 0) is 18.2 Å². The van der Waals surface area contributed by atoms with Gasteiger partial charge < -0.3 is 0 Å². The molecule has 0 spiro atoms. The molecular weight excluding hydrogens is 249 g/mol. The number of nitrogens with zero attached hydrogens (tertiary/aromatic N) is 1. The van der Waals surface area contributed by atoms with Gasteiger partial charge in [0.2, 0.25) is 0 Å². The number of halogens is 2.